The topological polar surface area (TPSA) is 46.2 Å². The smallest absolute Gasteiger partial charge is 0.274 e. The molecule has 0 saturated carbocycles. The third-order valence-electron chi connectivity index (χ3n) is 2.29. The van der Waals surface area contributed by atoms with Crippen LogP contribution in [0, 0.1) is 0 Å². The van der Waals surface area contributed by atoms with E-state index in [1.54, 1.807) is 0 Å². The van der Waals surface area contributed by atoms with Crippen LogP contribution in [0.1, 0.15) is 41.5 Å². The quantitative estimate of drug-likeness (QED) is 0.553. The molecule has 2 nitrogen and oxygen atoms in total. The van der Waals surface area contributed by atoms with E-state index in [4.69, 9.17) is 5.40 Å². The fourth-order valence-electron chi connectivity index (χ4n) is 1.12. The molecule has 3 heteroatoms. The highest BCUT2D eigenvalue weighted by Crippen LogP contribution is 2.45. The summed E-state index contributed by atoms with van der Waals surface area (Å²) in [4.78, 5) is 10.1. The van der Waals surface area contributed by atoms with E-state index >= 15 is 0 Å². The van der Waals surface area contributed by atoms with Crippen LogP contribution in [-0.4, -0.2) is 13.3 Å². The molecular weight excluding hydrogens is 154 g/mol. The molecule has 3 N–H and O–H groups in total. The molecule has 0 fully saturated rings. The van der Waals surface area contributed by atoms with Crippen LogP contribution in [-0.2, 0) is 0 Å². The van der Waals surface area contributed by atoms with Gasteiger partial charge in [0.1, 0.15) is 0 Å². The summed E-state index contributed by atoms with van der Waals surface area (Å²) < 4.78 is 0. The van der Waals surface area contributed by atoms with Gasteiger partial charge < -0.3 is 10.2 Å². The maximum absolute atomic E-state index is 10.1. The highest BCUT2D eigenvalue weighted by atomic mass is 28.4. The van der Waals surface area contributed by atoms with Crippen LogP contribution in [0.15, 0.2) is 0 Å². The van der Waals surface area contributed by atoms with Crippen LogP contribution in [0.25, 0.3) is 0 Å². The van der Waals surface area contributed by atoms with Gasteiger partial charge >= 0.3 is 0 Å². The maximum Gasteiger partial charge on any atom is 0.274 e. The van der Waals surface area contributed by atoms with Crippen LogP contribution in [0.5, 0.6) is 0 Å². The van der Waals surface area contributed by atoms with Crippen molar-refractivity contribution in [3.63, 3.8) is 0 Å². The summed E-state index contributed by atoms with van der Waals surface area (Å²) >= 11 is 0. The molecule has 0 rings (SSSR count). The number of nitrogens with two attached hydrogens (primary N) is 1. The van der Waals surface area contributed by atoms with Gasteiger partial charge in [-0.3, -0.25) is 0 Å². The fourth-order valence-corrected chi connectivity index (χ4v) is 3.38. The molecule has 0 heterocycles. The average Bonchev–Trinajstić information content (AvgIpc) is 1.58. The van der Waals surface area contributed by atoms with E-state index in [1.807, 2.05) is 41.5 Å². The van der Waals surface area contributed by atoms with Crippen LogP contribution < -0.4 is 5.40 Å². The van der Waals surface area contributed by atoms with E-state index in [0.717, 1.165) is 0 Å². The highest BCUT2D eigenvalue weighted by molar-refractivity contribution is 6.75. The summed E-state index contributed by atoms with van der Waals surface area (Å²) in [6, 6.07) is 0. The van der Waals surface area contributed by atoms with Crippen molar-refractivity contribution < 1.29 is 4.80 Å². The van der Waals surface area contributed by atoms with Gasteiger partial charge in [-0.25, -0.2) is 0 Å². The molecule has 68 valence electrons. The Balaban J connectivity index is 4.75. The minimum atomic E-state index is -2.61. The van der Waals surface area contributed by atoms with Crippen molar-refractivity contribution in [2.24, 2.45) is 5.40 Å². The highest BCUT2D eigenvalue weighted by Gasteiger charge is 2.49. The molecule has 0 aliphatic carbocycles. The number of hydrogen-bond acceptors (Lipinski definition) is 2. The Labute approximate surface area is 71.0 Å². The second-order valence-electron chi connectivity index (χ2n) is 5.27. The zero-order valence-corrected chi connectivity index (χ0v) is 9.52. The summed E-state index contributed by atoms with van der Waals surface area (Å²) in [5.41, 5.74) is 0. The molecule has 0 saturated heterocycles. The Morgan fingerprint density at radius 1 is 0.909 bits per heavy atom. The van der Waals surface area contributed by atoms with Crippen LogP contribution >= 0.6 is 0 Å². The average molecular weight is 175 g/mol. The SMILES string of the molecule is CC(C)(C)[Si](N)(O)C(C)(C)C. The van der Waals surface area contributed by atoms with Crippen LogP contribution in [0.4, 0.5) is 0 Å². The molecular formula is C8H21NOSi. The van der Waals surface area contributed by atoms with Gasteiger partial charge in [0, 0.05) is 0 Å². The first-order valence-corrected chi connectivity index (χ1v) is 6.04. The molecule has 0 aromatic heterocycles. The summed E-state index contributed by atoms with van der Waals surface area (Å²) in [6.07, 6.45) is 0. The van der Waals surface area contributed by atoms with Gasteiger partial charge in [0.15, 0.2) is 0 Å². The lowest BCUT2D eigenvalue weighted by atomic mass is 10.2. The van der Waals surface area contributed by atoms with Crippen molar-refractivity contribution in [2.75, 3.05) is 0 Å². The monoisotopic (exact) mass is 175 g/mol. The van der Waals surface area contributed by atoms with Gasteiger partial charge in [0.05, 0.1) is 0 Å². The van der Waals surface area contributed by atoms with Gasteiger partial charge in [-0.05, 0) is 10.1 Å². The Hall–Kier alpha value is 0.137. The molecule has 0 aromatic carbocycles. The van der Waals surface area contributed by atoms with E-state index in [1.165, 1.54) is 0 Å². The summed E-state index contributed by atoms with van der Waals surface area (Å²) in [5.74, 6) is 0. The molecule has 0 radical (unpaired) electrons. The van der Waals surface area contributed by atoms with Crippen LogP contribution in [0.3, 0.4) is 0 Å². The maximum atomic E-state index is 10.1. The molecule has 0 atom stereocenters. The molecule has 11 heavy (non-hydrogen) atoms. The summed E-state index contributed by atoms with van der Waals surface area (Å²) in [6.45, 7) is 12.0. The molecule has 0 aliphatic heterocycles. The standard InChI is InChI=1S/C8H21NOSi/c1-7(2,3)11(9,10)8(4,5)6/h10H,9H2,1-6H3. The van der Waals surface area contributed by atoms with Crippen molar-refractivity contribution in [3.8, 4) is 0 Å². The first kappa shape index (κ1) is 11.1. The van der Waals surface area contributed by atoms with Crippen molar-refractivity contribution in [2.45, 2.75) is 51.6 Å². The number of rotatable bonds is 0. The molecule has 0 spiro atoms. The Morgan fingerprint density at radius 2 is 1.09 bits per heavy atom. The zero-order chi connectivity index (χ0) is 9.50. The predicted octanol–water partition coefficient (Wildman–Crippen LogP) is 1.98. The van der Waals surface area contributed by atoms with Gasteiger partial charge in [0.2, 0.25) is 0 Å². The van der Waals surface area contributed by atoms with E-state index < -0.39 is 8.48 Å². The summed E-state index contributed by atoms with van der Waals surface area (Å²) in [7, 11) is -2.61. The Bertz CT molecular complexity index is 125. The number of hydrogen-bond donors (Lipinski definition) is 2. The normalized spacial score (nSPS) is 15.3. The lowest BCUT2D eigenvalue weighted by Crippen LogP contribution is -2.60. The van der Waals surface area contributed by atoms with E-state index in [-0.39, 0.29) is 10.1 Å². The zero-order valence-electron chi connectivity index (χ0n) is 8.52. The second kappa shape index (κ2) is 2.57. The Kier molecular flexibility index (Phi) is 2.60. The molecule has 0 amide bonds. The molecule has 0 aliphatic rings. The van der Waals surface area contributed by atoms with Gasteiger partial charge in [-0.15, -0.1) is 0 Å². The lowest BCUT2D eigenvalue weighted by Gasteiger charge is -2.43. The minimum absolute atomic E-state index is 0.148. The van der Waals surface area contributed by atoms with Crippen molar-refractivity contribution in [1.82, 2.24) is 0 Å². The van der Waals surface area contributed by atoms with Gasteiger partial charge in [0.25, 0.3) is 8.48 Å². The van der Waals surface area contributed by atoms with Crippen molar-refractivity contribution in [1.29, 1.82) is 0 Å². The first-order valence-electron chi connectivity index (χ1n) is 4.01. The molecule has 0 unspecified atom stereocenters. The fraction of sp³-hybridized carbons (Fsp3) is 1.00. The van der Waals surface area contributed by atoms with E-state index in [9.17, 15) is 4.80 Å². The minimum Gasteiger partial charge on any atom is -0.419 e. The second-order valence-corrected chi connectivity index (χ2v) is 9.80. The van der Waals surface area contributed by atoms with E-state index in [2.05, 4.69) is 0 Å². The van der Waals surface area contributed by atoms with Gasteiger partial charge in [-0.2, -0.15) is 0 Å². The summed E-state index contributed by atoms with van der Waals surface area (Å²) in [5, 5.41) is 5.67. The van der Waals surface area contributed by atoms with Crippen molar-refractivity contribution in [3.05, 3.63) is 0 Å². The molecule has 0 bridgehead atoms. The van der Waals surface area contributed by atoms with Crippen LogP contribution in [0.2, 0.25) is 10.1 Å². The predicted molar refractivity (Wildman–Crippen MR) is 51.6 cm³/mol. The Morgan fingerprint density at radius 3 is 1.09 bits per heavy atom. The first-order chi connectivity index (χ1) is 4.50. The van der Waals surface area contributed by atoms with Crippen molar-refractivity contribution >= 4 is 8.48 Å². The third kappa shape index (κ3) is 2.04. The molecule has 0 aromatic rings. The third-order valence-corrected chi connectivity index (χ3v) is 6.86. The van der Waals surface area contributed by atoms with Gasteiger partial charge in [-0.1, -0.05) is 41.5 Å². The van der Waals surface area contributed by atoms with E-state index in [0.29, 0.717) is 0 Å². The lowest BCUT2D eigenvalue weighted by molar-refractivity contribution is 0.413. The largest absolute Gasteiger partial charge is 0.419 e.